The Hall–Kier alpha value is -1.95. The number of fused-ring (bicyclic) bond motifs is 1. The summed E-state index contributed by atoms with van der Waals surface area (Å²) in [5.74, 6) is 1.04. The van der Waals surface area contributed by atoms with Gasteiger partial charge in [0.1, 0.15) is 5.82 Å². The van der Waals surface area contributed by atoms with E-state index in [4.69, 9.17) is 4.74 Å². The van der Waals surface area contributed by atoms with E-state index in [0.29, 0.717) is 13.2 Å². The molecular formula is C22H29N3O2. The Morgan fingerprint density at radius 2 is 1.89 bits per heavy atom. The van der Waals surface area contributed by atoms with Crippen LogP contribution in [-0.4, -0.2) is 60.4 Å². The lowest BCUT2D eigenvalue weighted by atomic mass is 9.89. The summed E-state index contributed by atoms with van der Waals surface area (Å²) in [5.41, 5.74) is 2.70. The maximum absolute atomic E-state index is 10.5. The number of aliphatic hydroxyl groups is 1. The molecule has 1 N–H and O–H groups in total. The quantitative estimate of drug-likeness (QED) is 0.851. The van der Waals surface area contributed by atoms with Crippen LogP contribution in [0.25, 0.3) is 0 Å². The second-order valence-corrected chi connectivity index (χ2v) is 7.54. The summed E-state index contributed by atoms with van der Waals surface area (Å²) >= 11 is 0. The summed E-state index contributed by atoms with van der Waals surface area (Å²) in [5, 5.41) is 10.5. The van der Waals surface area contributed by atoms with Crippen molar-refractivity contribution >= 4 is 5.82 Å². The van der Waals surface area contributed by atoms with Crippen LogP contribution in [0.4, 0.5) is 5.82 Å². The Kier molecular flexibility index (Phi) is 6.02. The van der Waals surface area contributed by atoms with Crippen molar-refractivity contribution in [1.82, 2.24) is 9.88 Å². The summed E-state index contributed by atoms with van der Waals surface area (Å²) < 4.78 is 6.11. The molecule has 2 heterocycles. The summed E-state index contributed by atoms with van der Waals surface area (Å²) in [6.07, 6.45) is 4.87. The van der Waals surface area contributed by atoms with Crippen LogP contribution in [0.2, 0.25) is 0 Å². The molecule has 27 heavy (non-hydrogen) atoms. The van der Waals surface area contributed by atoms with Crippen molar-refractivity contribution in [1.29, 1.82) is 0 Å². The van der Waals surface area contributed by atoms with Crippen molar-refractivity contribution < 1.29 is 9.84 Å². The molecule has 144 valence electrons. The molecule has 1 fully saturated rings. The van der Waals surface area contributed by atoms with E-state index >= 15 is 0 Å². The van der Waals surface area contributed by atoms with Gasteiger partial charge in [-0.3, -0.25) is 4.90 Å². The number of piperazine rings is 1. The van der Waals surface area contributed by atoms with Gasteiger partial charge in [-0.1, -0.05) is 30.3 Å². The molecular weight excluding hydrogens is 338 g/mol. The van der Waals surface area contributed by atoms with Gasteiger partial charge in [0.15, 0.2) is 0 Å². The Bertz CT molecular complexity index is 717. The third-order valence-electron chi connectivity index (χ3n) is 5.62. The highest BCUT2D eigenvalue weighted by atomic mass is 16.5. The number of aryl methyl sites for hydroxylation is 1. The van der Waals surface area contributed by atoms with Crippen molar-refractivity contribution in [2.45, 2.75) is 31.5 Å². The smallest absolute Gasteiger partial charge is 0.128 e. The van der Waals surface area contributed by atoms with Gasteiger partial charge in [-0.2, -0.15) is 0 Å². The largest absolute Gasteiger partial charge is 0.389 e. The van der Waals surface area contributed by atoms with Gasteiger partial charge in [0, 0.05) is 38.9 Å². The molecule has 0 amide bonds. The zero-order valence-corrected chi connectivity index (χ0v) is 15.8. The first-order valence-corrected chi connectivity index (χ1v) is 10.1. The SMILES string of the molecule is OC(COC1CCCc2ccccc21)CN1CCN(c2ccccn2)CC1. The molecule has 1 saturated heterocycles. The number of hydrogen-bond acceptors (Lipinski definition) is 5. The summed E-state index contributed by atoms with van der Waals surface area (Å²) in [7, 11) is 0. The Morgan fingerprint density at radius 3 is 2.70 bits per heavy atom. The normalized spacial score (nSPS) is 21.7. The van der Waals surface area contributed by atoms with Crippen molar-refractivity contribution in [3.05, 3.63) is 59.8 Å². The van der Waals surface area contributed by atoms with E-state index in [2.05, 4.69) is 45.1 Å². The lowest BCUT2D eigenvalue weighted by Gasteiger charge is -2.36. The molecule has 2 aromatic rings. The lowest BCUT2D eigenvalue weighted by Crippen LogP contribution is -2.49. The molecule has 0 bridgehead atoms. The van der Waals surface area contributed by atoms with E-state index in [0.717, 1.165) is 51.3 Å². The molecule has 1 aromatic heterocycles. The average molecular weight is 367 g/mol. The molecule has 4 rings (SSSR count). The number of anilines is 1. The van der Waals surface area contributed by atoms with E-state index in [-0.39, 0.29) is 6.10 Å². The number of pyridine rings is 1. The minimum atomic E-state index is -0.444. The van der Waals surface area contributed by atoms with Gasteiger partial charge < -0.3 is 14.7 Å². The molecule has 2 aliphatic rings. The second kappa shape index (κ2) is 8.83. The maximum Gasteiger partial charge on any atom is 0.128 e. The Labute approximate surface area is 161 Å². The minimum Gasteiger partial charge on any atom is -0.389 e. The van der Waals surface area contributed by atoms with Crippen LogP contribution in [0.3, 0.4) is 0 Å². The number of aliphatic hydroxyl groups excluding tert-OH is 1. The van der Waals surface area contributed by atoms with E-state index in [1.807, 2.05) is 18.3 Å². The van der Waals surface area contributed by atoms with Crippen molar-refractivity contribution in [2.75, 3.05) is 44.2 Å². The number of hydrogen-bond donors (Lipinski definition) is 1. The molecule has 0 saturated carbocycles. The second-order valence-electron chi connectivity index (χ2n) is 7.54. The third kappa shape index (κ3) is 4.67. The van der Waals surface area contributed by atoms with E-state index < -0.39 is 6.10 Å². The van der Waals surface area contributed by atoms with E-state index in [1.165, 1.54) is 11.1 Å². The summed E-state index contributed by atoms with van der Waals surface area (Å²) in [6, 6.07) is 14.6. The number of β-amino-alcohol motifs (C(OH)–C–C–N with tert-alkyl or cyclic N) is 1. The van der Waals surface area contributed by atoms with Crippen LogP contribution < -0.4 is 4.90 Å². The number of ether oxygens (including phenoxy) is 1. The molecule has 0 radical (unpaired) electrons. The Morgan fingerprint density at radius 1 is 1.07 bits per heavy atom. The zero-order valence-electron chi connectivity index (χ0n) is 15.8. The summed E-state index contributed by atoms with van der Waals surface area (Å²) in [6.45, 7) is 4.85. The number of nitrogens with zero attached hydrogens (tertiary/aromatic N) is 3. The van der Waals surface area contributed by atoms with Gasteiger partial charge in [-0.05, 0) is 42.5 Å². The van der Waals surface area contributed by atoms with E-state index in [1.54, 1.807) is 0 Å². The molecule has 2 unspecified atom stereocenters. The van der Waals surface area contributed by atoms with Crippen LogP contribution in [0.15, 0.2) is 48.7 Å². The summed E-state index contributed by atoms with van der Waals surface area (Å²) in [4.78, 5) is 9.05. The molecule has 5 nitrogen and oxygen atoms in total. The van der Waals surface area contributed by atoms with Crippen LogP contribution in [-0.2, 0) is 11.2 Å². The molecule has 5 heteroatoms. The fourth-order valence-corrected chi connectivity index (χ4v) is 4.16. The van der Waals surface area contributed by atoms with Crippen LogP contribution in [0, 0.1) is 0 Å². The standard InChI is InChI=1S/C22H29N3O2/c26-19(17-27-21-9-5-7-18-6-1-2-8-20(18)21)16-24-12-14-25(15-13-24)22-10-3-4-11-23-22/h1-4,6,8,10-11,19,21,26H,5,7,9,12-17H2. The first kappa shape index (κ1) is 18.4. The fourth-order valence-electron chi connectivity index (χ4n) is 4.16. The van der Waals surface area contributed by atoms with Crippen LogP contribution >= 0.6 is 0 Å². The number of rotatable bonds is 6. The number of benzene rings is 1. The first-order chi connectivity index (χ1) is 13.3. The molecule has 2 atom stereocenters. The van der Waals surface area contributed by atoms with Gasteiger partial charge >= 0.3 is 0 Å². The molecule has 1 aliphatic heterocycles. The predicted molar refractivity (Wildman–Crippen MR) is 107 cm³/mol. The maximum atomic E-state index is 10.5. The van der Waals surface area contributed by atoms with Crippen LogP contribution in [0.5, 0.6) is 0 Å². The van der Waals surface area contributed by atoms with Crippen LogP contribution in [0.1, 0.15) is 30.1 Å². The van der Waals surface area contributed by atoms with Crippen molar-refractivity contribution in [2.24, 2.45) is 0 Å². The third-order valence-corrected chi connectivity index (χ3v) is 5.62. The lowest BCUT2D eigenvalue weighted by molar-refractivity contribution is -0.0285. The van der Waals surface area contributed by atoms with Gasteiger partial charge in [0.05, 0.1) is 18.8 Å². The van der Waals surface area contributed by atoms with Gasteiger partial charge in [0.25, 0.3) is 0 Å². The monoisotopic (exact) mass is 367 g/mol. The minimum absolute atomic E-state index is 0.130. The molecule has 1 aromatic carbocycles. The molecule has 1 aliphatic carbocycles. The zero-order chi connectivity index (χ0) is 18.5. The molecule has 0 spiro atoms. The predicted octanol–water partition coefficient (Wildman–Crippen LogP) is 2.66. The highest BCUT2D eigenvalue weighted by Crippen LogP contribution is 2.32. The topological polar surface area (TPSA) is 48.8 Å². The van der Waals surface area contributed by atoms with E-state index in [9.17, 15) is 5.11 Å². The van der Waals surface area contributed by atoms with Crippen molar-refractivity contribution in [3.63, 3.8) is 0 Å². The van der Waals surface area contributed by atoms with Gasteiger partial charge in [-0.15, -0.1) is 0 Å². The Balaban J connectivity index is 1.22. The fraction of sp³-hybridized carbons (Fsp3) is 0.500. The number of aromatic nitrogens is 1. The average Bonchev–Trinajstić information content (AvgIpc) is 2.73. The highest BCUT2D eigenvalue weighted by Gasteiger charge is 2.23. The van der Waals surface area contributed by atoms with Gasteiger partial charge in [-0.25, -0.2) is 4.98 Å². The highest BCUT2D eigenvalue weighted by molar-refractivity contribution is 5.38. The van der Waals surface area contributed by atoms with Gasteiger partial charge in [0.2, 0.25) is 0 Å². The first-order valence-electron chi connectivity index (χ1n) is 10.1. The van der Waals surface area contributed by atoms with Crippen molar-refractivity contribution in [3.8, 4) is 0 Å².